The van der Waals surface area contributed by atoms with Crippen molar-refractivity contribution in [2.75, 3.05) is 9.91 Å². The number of nitrogens with one attached hydrogen (secondary N) is 1. The molecule has 2 aromatic rings. The van der Waals surface area contributed by atoms with Gasteiger partial charge in [-0.15, -0.1) is 0 Å². The summed E-state index contributed by atoms with van der Waals surface area (Å²) < 4.78 is 0. The molecule has 1 saturated carbocycles. The maximum Gasteiger partial charge on any atom is 0.345 e. The summed E-state index contributed by atoms with van der Waals surface area (Å²) in [5.41, 5.74) is 4.80. The highest BCUT2D eigenvalue weighted by molar-refractivity contribution is 6.34. The number of benzene rings is 1. The number of carbonyl (C=O) groups excluding carboxylic acids is 1. The molecular weight excluding hydrogens is 354 g/mol. The fourth-order valence-corrected chi connectivity index (χ4v) is 3.71. The molecule has 0 radical (unpaired) electrons. The molecule has 2 heterocycles. The minimum Gasteiger partial charge on any atom is -0.393 e. The van der Waals surface area contributed by atoms with Crippen molar-refractivity contribution in [2.45, 2.75) is 44.4 Å². The van der Waals surface area contributed by atoms with Crippen LogP contribution in [0.5, 0.6) is 0 Å². The zero-order chi connectivity index (χ0) is 18.1. The first kappa shape index (κ1) is 17.2. The van der Waals surface area contributed by atoms with E-state index in [1.165, 1.54) is 11.3 Å². The molecule has 0 bridgehead atoms. The first-order valence-corrected chi connectivity index (χ1v) is 9.10. The van der Waals surface area contributed by atoms with E-state index in [0.717, 1.165) is 31.2 Å². The minimum atomic E-state index is -0.251. The van der Waals surface area contributed by atoms with Crippen molar-refractivity contribution in [1.29, 1.82) is 0 Å². The summed E-state index contributed by atoms with van der Waals surface area (Å²) in [5.74, 6) is 0.569. The molecule has 2 aliphatic rings. The highest BCUT2D eigenvalue weighted by Crippen LogP contribution is 2.33. The van der Waals surface area contributed by atoms with Gasteiger partial charge in [-0.3, -0.25) is 4.90 Å². The fourth-order valence-electron chi connectivity index (χ4n) is 3.48. The number of aliphatic hydroxyl groups is 1. The molecule has 1 aromatic carbocycles. The third-order valence-electron chi connectivity index (χ3n) is 4.88. The van der Waals surface area contributed by atoms with Crippen LogP contribution in [0, 0.1) is 0 Å². The SMILES string of the molecule is O=C1N(c2ccccc2Cl)Cc2cncnc2N1NC1CCC(O)CC1. The number of rotatable bonds is 3. The lowest BCUT2D eigenvalue weighted by molar-refractivity contribution is 0.116. The van der Waals surface area contributed by atoms with Crippen LogP contribution in [0.1, 0.15) is 31.2 Å². The number of hydrogen-bond acceptors (Lipinski definition) is 5. The molecule has 26 heavy (non-hydrogen) atoms. The zero-order valence-electron chi connectivity index (χ0n) is 14.2. The van der Waals surface area contributed by atoms with E-state index >= 15 is 0 Å². The number of anilines is 2. The van der Waals surface area contributed by atoms with Crippen LogP contribution < -0.4 is 15.3 Å². The topological polar surface area (TPSA) is 81.6 Å². The van der Waals surface area contributed by atoms with Gasteiger partial charge in [0.2, 0.25) is 0 Å². The Labute approximate surface area is 156 Å². The van der Waals surface area contributed by atoms with Gasteiger partial charge in [0.15, 0.2) is 5.82 Å². The van der Waals surface area contributed by atoms with Crippen LogP contribution in [0.2, 0.25) is 5.02 Å². The Morgan fingerprint density at radius 3 is 2.73 bits per heavy atom. The number of aromatic nitrogens is 2. The Morgan fingerprint density at radius 1 is 1.19 bits per heavy atom. The molecule has 0 atom stereocenters. The molecule has 2 amide bonds. The third-order valence-corrected chi connectivity index (χ3v) is 5.20. The smallest absolute Gasteiger partial charge is 0.345 e. The normalized spacial score (nSPS) is 23.1. The largest absolute Gasteiger partial charge is 0.393 e. The highest BCUT2D eigenvalue weighted by Gasteiger charge is 2.35. The van der Waals surface area contributed by atoms with Crippen LogP contribution >= 0.6 is 11.6 Å². The molecule has 1 fully saturated rings. The van der Waals surface area contributed by atoms with Gasteiger partial charge in [-0.25, -0.2) is 25.2 Å². The summed E-state index contributed by atoms with van der Waals surface area (Å²) in [5, 5.41) is 11.7. The highest BCUT2D eigenvalue weighted by atomic mass is 35.5. The second kappa shape index (κ2) is 7.19. The second-order valence-electron chi connectivity index (χ2n) is 6.66. The van der Waals surface area contributed by atoms with E-state index < -0.39 is 0 Å². The van der Waals surface area contributed by atoms with E-state index in [9.17, 15) is 9.90 Å². The quantitative estimate of drug-likeness (QED) is 0.864. The van der Waals surface area contributed by atoms with E-state index in [0.29, 0.717) is 23.1 Å². The summed E-state index contributed by atoms with van der Waals surface area (Å²) in [6.45, 7) is 0.361. The lowest BCUT2D eigenvalue weighted by Gasteiger charge is -2.39. The molecular formula is C18H20ClN5O2. The average Bonchev–Trinajstić information content (AvgIpc) is 2.66. The van der Waals surface area contributed by atoms with Gasteiger partial charge in [0.05, 0.1) is 23.4 Å². The number of fused-ring (bicyclic) bond motifs is 1. The van der Waals surface area contributed by atoms with Crippen LogP contribution in [0.4, 0.5) is 16.3 Å². The molecule has 1 aromatic heterocycles. The summed E-state index contributed by atoms with van der Waals surface area (Å²) in [4.78, 5) is 23.2. The van der Waals surface area contributed by atoms with Crippen molar-refractivity contribution in [2.24, 2.45) is 0 Å². The van der Waals surface area contributed by atoms with Gasteiger partial charge >= 0.3 is 6.03 Å². The van der Waals surface area contributed by atoms with Crippen molar-refractivity contribution in [3.63, 3.8) is 0 Å². The van der Waals surface area contributed by atoms with Gasteiger partial charge in [-0.1, -0.05) is 23.7 Å². The molecule has 0 unspecified atom stereocenters. The van der Waals surface area contributed by atoms with Crippen molar-refractivity contribution in [1.82, 2.24) is 15.4 Å². The molecule has 136 valence electrons. The van der Waals surface area contributed by atoms with E-state index in [1.807, 2.05) is 18.2 Å². The van der Waals surface area contributed by atoms with Crippen molar-refractivity contribution >= 4 is 29.1 Å². The minimum absolute atomic E-state index is 0.108. The van der Waals surface area contributed by atoms with Crippen LogP contribution in [0.3, 0.4) is 0 Å². The molecule has 0 saturated heterocycles. The van der Waals surface area contributed by atoms with Crippen LogP contribution in [-0.2, 0) is 6.54 Å². The predicted octanol–water partition coefficient (Wildman–Crippen LogP) is 2.88. The molecule has 1 aliphatic carbocycles. The number of carbonyl (C=O) groups is 1. The number of nitrogens with zero attached hydrogens (tertiary/aromatic N) is 4. The first-order valence-electron chi connectivity index (χ1n) is 8.73. The molecule has 7 nitrogen and oxygen atoms in total. The number of para-hydroxylation sites is 1. The Bertz CT molecular complexity index is 810. The molecule has 0 spiro atoms. The van der Waals surface area contributed by atoms with Gasteiger partial charge in [0, 0.05) is 17.8 Å². The number of urea groups is 1. The first-order chi connectivity index (χ1) is 12.6. The Morgan fingerprint density at radius 2 is 1.96 bits per heavy atom. The molecule has 1 aliphatic heterocycles. The molecule has 2 N–H and O–H groups in total. The summed E-state index contributed by atoms with van der Waals surface area (Å²) in [6, 6.07) is 7.16. The van der Waals surface area contributed by atoms with E-state index in [-0.39, 0.29) is 18.2 Å². The van der Waals surface area contributed by atoms with Crippen LogP contribution in [0.25, 0.3) is 0 Å². The number of hydrazine groups is 1. The van der Waals surface area contributed by atoms with Crippen LogP contribution in [-0.4, -0.2) is 33.3 Å². The van der Waals surface area contributed by atoms with Crippen molar-refractivity contribution in [3.05, 3.63) is 47.4 Å². The number of hydrogen-bond donors (Lipinski definition) is 2. The average molecular weight is 374 g/mol. The Balaban J connectivity index is 1.65. The summed E-state index contributed by atoms with van der Waals surface area (Å²) in [7, 11) is 0. The van der Waals surface area contributed by atoms with E-state index in [1.54, 1.807) is 17.2 Å². The van der Waals surface area contributed by atoms with E-state index in [2.05, 4.69) is 15.4 Å². The number of aliphatic hydroxyl groups excluding tert-OH is 1. The standard InChI is InChI=1S/C18H20ClN5O2/c19-15-3-1-2-4-16(15)23-10-12-9-20-11-21-17(12)24(18(23)26)22-13-5-7-14(25)8-6-13/h1-4,9,11,13-14,22,25H,5-8,10H2. The Kier molecular flexibility index (Phi) is 4.76. The maximum absolute atomic E-state index is 13.2. The van der Waals surface area contributed by atoms with Gasteiger partial charge in [-0.2, -0.15) is 0 Å². The summed E-state index contributed by atoms with van der Waals surface area (Å²) in [6.07, 6.45) is 5.97. The summed E-state index contributed by atoms with van der Waals surface area (Å²) >= 11 is 6.31. The lowest BCUT2D eigenvalue weighted by atomic mass is 9.93. The molecule has 4 rings (SSSR count). The van der Waals surface area contributed by atoms with E-state index in [4.69, 9.17) is 11.6 Å². The fraction of sp³-hybridized carbons (Fsp3) is 0.389. The number of amides is 2. The maximum atomic E-state index is 13.2. The van der Waals surface area contributed by atoms with Gasteiger partial charge in [-0.05, 0) is 37.8 Å². The second-order valence-corrected chi connectivity index (χ2v) is 7.07. The predicted molar refractivity (Wildman–Crippen MR) is 98.9 cm³/mol. The zero-order valence-corrected chi connectivity index (χ0v) is 14.9. The molecule has 8 heteroatoms. The van der Waals surface area contributed by atoms with Gasteiger partial charge < -0.3 is 5.11 Å². The third kappa shape index (κ3) is 3.25. The van der Waals surface area contributed by atoms with Crippen LogP contribution in [0.15, 0.2) is 36.8 Å². The van der Waals surface area contributed by atoms with Gasteiger partial charge in [0.25, 0.3) is 0 Å². The lowest BCUT2D eigenvalue weighted by Crippen LogP contribution is -2.57. The van der Waals surface area contributed by atoms with Gasteiger partial charge in [0.1, 0.15) is 6.33 Å². The Hall–Kier alpha value is -2.22. The van der Waals surface area contributed by atoms with Crippen molar-refractivity contribution in [3.8, 4) is 0 Å². The number of halogens is 1. The van der Waals surface area contributed by atoms with Crippen molar-refractivity contribution < 1.29 is 9.90 Å². The monoisotopic (exact) mass is 373 g/mol.